The van der Waals surface area contributed by atoms with E-state index in [2.05, 4.69) is 70.3 Å². The molecular formula is C23H19N3O. The third-order valence-corrected chi connectivity index (χ3v) is 5.87. The van der Waals surface area contributed by atoms with Crippen molar-refractivity contribution >= 4 is 49.5 Å². The lowest BCUT2D eigenvalue weighted by Gasteiger charge is -2.08. The Bertz CT molecular complexity index is 1400. The molecule has 0 fully saturated rings. The highest BCUT2D eigenvalue weighted by Gasteiger charge is 2.30. The summed E-state index contributed by atoms with van der Waals surface area (Å²) in [5.41, 5.74) is 6.59. The van der Waals surface area contributed by atoms with E-state index in [-0.39, 0.29) is 5.91 Å². The molecule has 0 atom stereocenters. The second-order valence-electron chi connectivity index (χ2n) is 7.35. The first-order chi connectivity index (χ1) is 13.3. The van der Waals surface area contributed by atoms with Crippen LogP contribution in [0.1, 0.15) is 29.3 Å². The van der Waals surface area contributed by atoms with Crippen molar-refractivity contribution in [3.63, 3.8) is 0 Å². The number of carbonyl (C=O) groups is 1. The van der Waals surface area contributed by atoms with Gasteiger partial charge < -0.3 is 14.9 Å². The molecule has 5 aromatic rings. The molecule has 6 rings (SSSR count). The van der Waals surface area contributed by atoms with Gasteiger partial charge in [0.2, 0.25) is 0 Å². The summed E-state index contributed by atoms with van der Waals surface area (Å²) in [7, 11) is 0. The number of carbonyl (C=O) groups excluding carboxylic acids is 1. The first-order valence-corrected chi connectivity index (χ1v) is 9.54. The third-order valence-electron chi connectivity index (χ3n) is 5.87. The van der Waals surface area contributed by atoms with Crippen molar-refractivity contribution in [2.75, 3.05) is 0 Å². The Kier molecular flexibility index (Phi) is 2.82. The van der Waals surface area contributed by atoms with Crippen LogP contribution in [0.3, 0.4) is 0 Å². The Balaban J connectivity index is 1.99. The third kappa shape index (κ3) is 1.75. The van der Waals surface area contributed by atoms with Crippen LogP contribution in [0.15, 0.2) is 48.5 Å². The van der Waals surface area contributed by atoms with Crippen LogP contribution in [0.5, 0.6) is 0 Å². The molecule has 132 valence electrons. The predicted octanol–water partition coefficient (Wildman–Crippen LogP) is 5.08. The first kappa shape index (κ1) is 14.9. The normalized spacial score (nSPS) is 13.9. The zero-order valence-electron chi connectivity index (χ0n) is 15.1. The van der Waals surface area contributed by atoms with Gasteiger partial charge in [-0.1, -0.05) is 43.3 Å². The summed E-state index contributed by atoms with van der Waals surface area (Å²) in [6.45, 7) is 3.72. The number of nitrogens with one attached hydrogen (secondary N) is 2. The summed E-state index contributed by atoms with van der Waals surface area (Å²) < 4.78 is 2.38. The monoisotopic (exact) mass is 353 g/mol. The zero-order valence-corrected chi connectivity index (χ0v) is 15.1. The van der Waals surface area contributed by atoms with Gasteiger partial charge >= 0.3 is 0 Å². The summed E-state index contributed by atoms with van der Waals surface area (Å²) in [6.07, 6.45) is 1.04. The standard InChI is InChI=1S/C23H19N3O/c1-2-11-26-17-10-6-4-8-14(17)19-20-15(12-24-23(20)27)18-13-7-3-5-9-16(13)25-21(18)22(19)26/h3-10,25H,2,11-12H2,1H3,(H,24,27). The maximum absolute atomic E-state index is 12.9. The van der Waals surface area contributed by atoms with E-state index in [0.29, 0.717) is 6.54 Å². The van der Waals surface area contributed by atoms with Gasteiger partial charge in [-0.25, -0.2) is 0 Å². The van der Waals surface area contributed by atoms with Crippen molar-refractivity contribution in [1.82, 2.24) is 14.9 Å². The molecule has 0 saturated carbocycles. The lowest BCUT2D eigenvalue weighted by molar-refractivity contribution is 0.0967. The Morgan fingerprint density at radius 3 is 2.63 bits per heavy atom. The molecule has 0 saturated heterocycles. The number of benzene rings is 3. The van der Waals surface area contributed by atoms with Gasteiger partial charge in [0.1, 0.15) is 0 Å². The molecule has 2 N–H and O–H groups in total. The lowest BCUT2D eigenvalue weighted by atomic mass is 9.97. The van der Waals surface area contributed by atoms with Crippen molar-refractivity contribution in [3.8, 4) is 0 Å². The fraction of sp³-hybridized carbons (Fsp3) is 0.174. The molecular weight excluding hydrogens is 334 g/mol. The van der Waals surface area contributed by atoms with Gasteiger partial charge in [-0.05, 0) is 24.1 Å². The second-order valence-corrected chi connectivity index (χ2v) is 7.35. The summed E-state index contributed by atoms with van der Waals surface area (Å²) in [5.74, 6) is 0.0431. The molecule has 1 amide bonds. The largest absolute Gasteiger partial charge is 0.353 e. The van der Waals surface area contributed by atoms with Crippen LogP contribution in [0.25, 0.3) is 43.6 Å². The fourth-order valence-electron chi connectivity index (χ4n) is 4.87. The molecule has 0 radical (unpaired) electrons. The van der Waals surface area contributed by atoms with Gasteiger partial charge in [-0.2, -0.15) is 0 Å². The van der Waals surface area contributed by atoms with E-state index >= 15 is 0 Å². The molecule has 2 aromatic heterocycles. The van der Waals surface area contributed by atoms with Gasteiger partial charge in [0.05, 0.1) is 16.6 Å². The number of hydrogen-bond donors (Lipinski definition) is 2. The number of nitrogens with zero attached hydrogens (tertiary/aromatic N) is 1. The summed E-state index contributed by atoms with van der Waals surface area (Å²) in [5, 5.41) is 7.69. The quantitative estimate of drug-likeness (QED) is 0.457. The molecule has 3 heterocycles. The summed E-state index contributed by atoms with van der Waals surface area (Å²) >= 11 is 0. The van der Waals surface area contributed by atoms with E-state index in [1.165, 1.54) is 16.3 Å². The van der Waals surface area contributed by atoms with E-state index in [0.717, 1.165) is 51.4 Å². The highest BCUT2D eigenvalue weighted by atomic mass is 16.1. The van der Waals surface area contributed by atoms with Crippen molar-refractivity contribution in [3.05, 3.63) is 59.7 Å². The number of aromatic nitrogens is 2. The minimum absolute atomic E-state index is 0.0431. The first-order valence-electron chi connectivity index (χ1n) is 9.54. The van der Waals surface area contributed by atoms with Crippen molar-refractivity contribution in [1.29, 1.82) is 0 Å². The van der Waals surface area contributed by atoms with Gasteiger partial charge in [0, 0.05) is 45.7 Å². The number of aromatic amines is 1. The minimum atomic E-state index is 0.0431. The molecule has 0 spiro atoms. The Morgan fingerprint density at radius 1 is 1.00 bits per heavy atom. The van der Waals surface area contributed by atoms with Crippen LogP contribution in [-0.2, 0) is 13.1 Å². The lowest BCUT2D eigenvalue weighted by Crippen LogP contribution is -2.12. The van der Waals surface area contributed by atoms with E-state index in [9.17, 15) is 4.79 Å². The van der Waals surface area contributed by atoms with Crippen LogP contribution in [-0.4, -0.2) is 15.5 Å². The Morgan fingerprint density at radius 2 is 1.78 bits per heavy atom. The van der Waals surface area contributed by atoms with Crippen LogP contribution in [0.4, 0.5) is 0 Å². The highest BCUT2D eigenvalue weighted by molar-refractivity contribution is 6.30. The molecule has 0 aliphatic carbocycles. The van der Waals surface area contributed by atoms with Gasteiger partial charge in [0.15, 0.2) is 0 Å². The zero-order chi connectivity index (χ0) is 18.1. The molecule has 4 heteroatoms. The van der Waals surface area contributed by atoms with Crippen molar-refractivity contribution in [2.24, 2.45) is 0 Å². The summed E-state index contributed by atoms with van der Waals surface area (Å²) in [4.78, 5) is 16.5. The van der Waals surface area contributed by atoms with Crippen LogP contribution in [0.2, 0.25) is 0 Å². The SMILES string of the molecule is CCCn1c2ccccc2c2c3c(c4c5ccccc5[nH]c4c21)CNC3=O. The maximum Gasteiger partial charge on any atom is 0.252 e. The number of amides is 1. The fourth-order valence-corrected chi connectivity index (χ4v) is 4.87. The molecule has 1 aliphatic rings. The molecule has 4 nitrogen and oxygen atoms in total. The van der Waals surface area contributed by atoms with Gasteiger partial charge in [-0.3, -0.25) is 4.79 Å². The topological polar surface area (TPSA) is 49.8 Å². The van der Waals surface area contributed by atoms with Gasteiger partial charge in [0.25, 0.3) is 5.91 Å². The average molecular weight is 353 g/mol. The van der Waals surface area contributed by atoms with Crippen LogP contribution >= 0.6 is 0 Å². The maximum atomic E-state index is 12.9. The van der Waals surface area contributed by atoms with E-state index in [4.69, 9.17) is 0 Å². The molecule has 27 heavy (non-hydrogen) atoms. The molecule has 0 bridgehead atoms. The van der Waals surface area contributed by atoms with Crippen molar-refractivity contribution in [2.45, 2.75) is 26.4 Å². The number of aryl methyl sites for hydroxylation is 1. The number of H-pyrrole nitrogens is 1. The van der Waals surface area contributed by atoms with Crippen LogP contribution in [0, 0.1) is 0 Å². The molecule has 1 aliphatic heterocycles. The highest BCUT2D eigenvalue weighted by Crippen LogP contribution is 2.43. The summed E-state index contributed by atoms with van der Waals surface area (Å²) in [6, 6.07) is 16.8. The van der Waals surface area contributed by atoms with Crippen molar-refractivity contribution < 1.29 is 4.79 Å². The number of fused-ring (bicyclic) bond motifs is 10. The molecule has 0 unspecified atom stereocenters. The predicted molar refractivity (Wildman–Crippen MR) is 110 cm³/mol. The van der Waals surface area contributed by atoms with Crippen LogP contribution < -0.4 is 5.32 Å². The number of para-hydroxylation sites is 2. The molecule has 3 aromatic carbocycles. The van der Waals surface area contributed by atoms with E-state index in [1.54, 1.807) is 0 Å². The Hall–Kier alpha value is -3.27. The smallest absolute Gasteiger partial charge is 0.252 e. The van der Waals surface area contributed by atoms with E-state index in [1.807, 2.05) is 0 Å². The number of hydrogen-bond acceptors (Lipinski definition) is 1. The van der Waals surface area contributed by atoms with E-state index < -0.39 is 0 Å². The average Bonchev–Trinajstić information content (AvgIpc) is 3.34. The Labute approximate surface area is 155 Å². The van der Waals surface area contributed by atoms with Gasteiger partial charge in [-0.15, -0.1) is 0 Å². The number of rotatable bonds is 2. The second kappa shape index (κ2) is 5.13. The minimum Gasteiger partial charge on any atom is -0.353 e.